The maximum atomic E-state index is 10.5. The fourth-order valence-corrected chi connectivity index (χ4v) is 0.949. The lowest BCUT2D eigenvalue weighted by Gasteiger charge is -2.07. The maximum Gasteiger partial charge on any atom is 0.306 e. The highest BCUT2D eigenvalue weighted by Crippen LogP contribution is 2.13. The van der Waals surface area contributed by atoms with E-state index in [1.165, 1.54) is 0 Å². The molecule has 1 aliphatic rings. The van der Waals surface area contributed by atoms with Crippen molar-refractivity contribution in [2.75, 3.05) is 13.2 Å². The number of esters is 1. The summed E-state index contributed by atoms with van der Waals surface area (Å²) in [5.74, 6) is -0.0929. The van der Waals surface area contributed by atoms with Crippen LogP contribution in [-0.4, -0.2) is 25.3 Å². The zero-order valence-corrected chi connectivity index (χ0v) is 6.13. The van der Waals surface area contributed by atoms with E-state index in [9.17, 15) is 4.79 Å². The third-order valence-corrected chi connectivity index (χ3v) is 1.48. The van der Waals surface area contributed by atoms with Gasteiger partial charge in [0, 0.05) is 13.0 Å². The van der Waals surface area contributed by atoms with Crippen molar-refractivity contribution in [2.24, 2.45) is 0 Å². The van der Waals surface area contributed by atoms with E-state index in [1.54, 1.807) is 0 Å². The van der Waals surface area contributed by atoms with E-state index in [-0.39, 0.29) is 12.1 Å². The monoisotopic (exact) mass is 144 g/mol. The summed E-state index contributed by atoms with van der Waals surface area (Å²) in [4.78, 5) is 10.5. The molecule has 1 fully saturated rings. The lowest BCUT2D eigenvalue weighted by atomic mass is 10.2. The molecule has 1 heterocycles. The summed E-state index contributed by atoms with van der Waals surface area (Å²) in [7, 11) is 0. The van der Waals surface area contributed by atoms with Gasteiger partial charge in [-0.3, -0.25) is 4.79 Å². The molecule has 0 aromatic rings. The van der Waals surface area contributed by atoms with Gasteiger partial charge in [0.25, 0.3) is 0 Å². The van der Waals surface area contributed by atoms with Crippen LogP contribution in [0.4, 0.5) is 0 Å². The number of carbonyl (C=O) groups is 1. The largest absolute Gasteiger partial charge is 0.460 e. The van der Waals surface area contributed by atoms with Gasteiger partial charge in [0.15, 0.2) is 0 Å². The van der Waals surface area contributed by atoms with E-state index in [0.717, 1.165) is 6.42 Å². The van der Waals surface area contributed by atoms with Crippen molar-refractivity contribution in [1.82, 2.24) is 0 Å². The Labute approximate surface area is 60.3 Å². The lowest BCUT2D eigenvalue weighted by Crippen LogP contribution is -2.14. The maximum absolute atomic E-state index is 10.5. The summed E-state index contributed by atoms with van der Waals surface area (Å²) in [5, 5.41) is 0. The molecule has 1 saturated heterocycles. The van der Waals surface area contributed by atoms with Crippen LogP contribution in [0.3, 0.4) is 0 Å². The molecule has 1 aliphatic heterocycles. The second-order valence-corrected chi connectivity index (χ2v) is 2.31. The molecule has 0 spiro atoms. The average molecular weight is 144 g/mol. The number of rotatable bonds is 3. The molecule has 0 N–H and O–H groups in total. The zero-order chi connectivity index (χ0) is 7.40. The van der Waals surface area contributed by atoms with Crippen LogP contribution >= 0.6 is 0 Å². The van der Waals surface area contributed by atoms with Crippen molar-refractivity contribution in [1.29, 1.82) is 0 Å². The molecule has 0 radical (unpaired) electrons. The van der Waals surface area contributed by atoms with Crippen molar-refractivity contribution in [3.63, 3.8) is 0 Å². The third kappa shape index (κ3) is 1.99. The van der Waals surface area contributed by atoms with Gasteiger partial charge in [-0.1, -0.05) is 0 Å². The number of hydrogen-bond donors (Lipinski definition) is 0. The fourth-order valence-electron chi connectivity index (χ4n) is 0.949. The van der Waals surface area contributed by atoms with Gasteiger partial charge in [-0.15, -0.1) is 0 Å². The lowest BCUT2D eigenvalue weighted by molar-refractivity contribution is -0.143. The van der Waals surface area contributed by atoms with Crippen LogP contribution in [0.1, 0.15) is 19.8 Å². The van der Waals surface area contributed by atoms with Crippen LogP contribution in [0, 0.1) is 0 Å². The molecule has 0 bridgehead atoms. The molecule has 0 saturated carbocycles. The first-order valence-corrected chi connectivity index (χ1v) is 3.60. The Morgan fingerprint density at radius 2 is 2.60 bits per heavy atom. The van der Waals surface area contributed by atoms with Gasteiger partial charge < -0.3 is 9.47 Å². The van der Waals surface area contributed by atoms with Crippen molar-refractivity contribution < 1.29 is 14.3 Å². The summed E-state index contributed by atoms with van der Waals surface area (Å²) in [6.45, 7) is 3.17. The second-order valence-electron chi connectivity index (χ2n) is 2.31. The molecule has 3 nitrogen and oxygen atoms in total. The number of ether oxygens (including phenoxy) is 2. The summed E-state index contributed by atoms with van der Waals surface area (Å²) < 4.78 is 9.99. The quantitative estimate of drug-likeness (QED) is 0.548. The second kappa shape index (κ2) is 3.56. The van der Waals surface area contributed by atoms with E-state index in [0.29, 0.717) is 19.6 Å². The Morgan fingerprint density at radius 3 is 3.10 bits per heavy atom. The molecule has 58 valence electrons. The molecule has 0 unspecified atom stereocenters. The van der Waals surface area contributed by atoms with Gasteiger partial charge in [0.2, 0.25) is 0 Å². The molecule has 10 heavy (non-hydrogen) atoms. The highest BCUT2D eigenvalue weighted by atomic mass is 16.6. The smallest absolute Gasteiger partial charge is 0.306 e. The standard InChI is InChI=1S/C7H12O3/c1-2-9-5-6-3-4-7(8)10-6/h6H,2-5H2,1H3/t6-/m0/s1. The Hall–Kier alpha value is -0.570. The summed E-state index contributed by atoms with van der Waals surface area (Å²) in [5.41, 5.74) is 0. The topological polar surface area (TPSA) is 35.5 Å². The number of hydrogen-bond acceptors (Lipinski definition) is 3. The van der Waals surface area contributed by atoms with Crippen molar-refractivity contribution in [3.8, 4) is 0 Å². The van der Waals surface area contributed by atoms with Crippen LogP contribution in [0.2, 0.25) is 0 Å². The van der Waals surface area contributed by atoms with Gasteiger partial charge in [0.05, 0.1) is 6.61 Å². The molecule has 0 aliphatic carbocycles. The van der Waals surface area contributed by atoms with Crippen LogP contribution in [0.5, 0.6) is 0 Å². The molecule has 1 rings (SSSR count). The van der Waals surface area contributed by atoms with Gasteiger partial charge >= 0.3 is 5.97 Å². The SMILES string of the molecule is CCOC[C@@H]1CCC(=O)O1. The summed E-state index contributed by atoms with van der Waals surface area (Å²) in [6, 6.07) is 0. The molecular weight excluding hydrogens is 132 g/mol. The zero-order valence-electron chi connectivity index (χ0n) is 6.13. The number of cyclic esters (lactones) is 1. The predicted octanol–water partition coefficient (Wildman–Crippen LogP) is 0.728. The highest BCUT2D eigenvalue weighted by molar-refractivity contribution is 5.71. The van der Waals surface area contributed by atoms with Gasteiger partial charge in [-0.25, -0.2) is 0 Å². The molecule has 1 atom stereocenters. The minimum Gasteiger partial charge on any atom is -0.460 e. The van der Waals surface area contributed by atoms with Crippen LogP contribution < -0.4 is 0 Å². The normalized spacial score (nSPS) is 24.9. The minimum absolute atomic E-state index is 0.0208. The highest BCUT2D eigenvalue weighted by Gasteiger charge is 2.22. The van der Waals surface area contributed by atoms with E-state index in [4.69, 9.17) is 9.47 Å². The van der Waals surface area contributed by atoms with E-state index < -0.39 is 0 Å². The molecular formula is C7H12O3. The fraction of sp³-hybridized carbons (Fsp3) is 0.857. The van der Waals surface area contributed by atoms with Crippen LogP contribution in [0.15, 0.2) is 0 Å². The van der Waals surface area contributed by atoms with E-state index in [2.05, 4.69) is 0 Å². The third-order valence-electron chi connectivity index (χ3n) is 1.48. The average Bonchev–Trinajstić information content (AvgIpc) is 2.31. The first kappa shape index (κ1) is 7.54. The Bertz CT molecular complexity index is 122. The molecule has 3 heteroatoms. The van der Waals surface area contributed by atoms with Crippen LogP contribution in [-0.2, 0) is 14.3 Å². The first-order valence-electron chi connectivity index (χ1n) is 3.60. The van der Waals surface area contributed by atoms with Crippen molar-refractivity contribution >= 4 is 5.97 Å². The predicted molar refractivity (Wildman–Crippen MR) is 35.6 cm³/mol. The number of carbonyl (C=O) groups excluding carboxylic acids is 1. The Balaban J connectivity index is 2.12. The van der Waals surface area contributed by atoms with Gasteiger partial charge in [0.1, 0.15) is 6.10 Å². The van der Waals surface area contributed by atoms with Gasteiger partial charge in [-0.05, 0) is 13.3 Å². The van der Waals surface area contributed by atoms with Crippen molar-refractivity contribution in [3.05, 3.63) is 0 Å². The minimum atomic E-state index is -0.0929. The molecule has 0 amide bonds. The Morgan fingerprint density at radius 1 is 1.80 bits per heavy atom. The van der Waals surface area contributed by atoms with E-state index >= 15 is 0 Å². The van der Waals surface area contributed by atoms with Gasteiger partial charge in [-0.2, -0.15) is 0 Å². The first-order chi connectivity index (χ1) is 4.83. The van der Waals surface area contributed by atoms with Crippen molar-refractivity contribution in [2.45, 2.75) is 25.9 Å². The summed E-state index contributed by atoms with van der Waals surface area (Å²) >= 11 is 0. The van der Waals surface area contributed by atoms with Crippen LogP contribution in [0.25, 0.3) is 0 Å². The molecule has 0 aromatic carbocycles. The molecule has 0 aromatic heterocycles. The Kier molecular flexibility index (Phi) is 2.68. The van der Waals surface area contributed by atoms with E-state index in [1.807, 2.05) is 6.92 Å². The summed E-state index contributed by atoms with van der Waals surface area (Å²) in [6.07, 6.45) is 1.39.